The average Bonchev–Trinajstić information content (AvgIpc) is 1.98. The van der Waals surface area contributed by atoms with Crippen molar-refractivity contribution in [1.29, 1.82) is 0 Å². The fourth-order valence-corrected chi connectivity index (χ4v) is 0.787. The second-order valence-electron chi connectivity index (χ2n) is 2.24. The molecule has 0 aliphatic carbocycles. The molecule has 1 heterocycles. The summed E-state index contributed by atoms with van der Waals surface area (Å²) in [6, 6.07) is 3.24. The van der Waals surface area contributed by atoms with Crippen molar-refractivity contribution in [2.45, 2.75) is 6.92 Å². The predicted octanol–water partition coefficient (Wildman–Crippen LogP) is 0.784. The molecule has 0 saturated carbocycles. The molecule has 0 unspecified atom stereocenters. The minimum absolute atomic E-state index is 0.0454. The van der Waals surface area contributed by atoms with Crippen molar-refractivity contribution in [3.8, 4) is 5.75 Å². The molecule has 1 rings (SSSR count). The van der Waals surface area contributed by atoms with E-state index in [2.05, 4.69) is 0 Å². The van der Waals surface area contributed by atoms with Crippen LogP contribution in [-0.4, -0.2) is 11.2 Å². The SMILES string of the molecule is CCOc1ccn(C)c(=O)c1. The van der Waals surface area contributed by atoms with Gasteiger partial charge in [-0.3, -0.25) is 4.79 Å². The van der Waals surface area contributed by atoms with Crippen LogP contribution in [0.4, 0.5) is 0 Å². The number of aromatic nitrogens is 1. The summed E-state index contributed by atoms with van der Waals surface area (Å²) in [6.07, 6.45) is 1.69. The molecule has 11 heavy (non-hydrogen) atoms. The molecule has 0 atom stereocenters. The van der Waals surface area contributed by atoms with Gasteiger partial charge in [-0.1, -0.05) is 0 Å². The molecule has 0 amide bonds. The maximum absolute atomic E-state index is 11.0. The average molecular weight is 153 g/mol. The number of ether oxygens (including phenoxy) is 1. The molecule has 1 aromatic heterocycles. The predicted molar refractivity (Wildman–Crippen MR) is 42.9 cm³/mol. The van der Waals surface area contributed by atoms with Crippen LogP contribution in [0.25, 0.3) is 0 Å². The Kier molecular flexibility index (Phi) is 2.31. The van der Waals surface area contributed by atoms with Crippen molar-refractivity contribution < 1.29 is 4.74 Å². The van der Waals surface area contributed by atoms with E-state index in [1.807, 2.05) is 6.92 Å². The highest BCUT2D eigenvalue weighted by molar-refractivity contribution is 5.17. The first-order valence-electron chi connectivity index (χ1n) is 3.53. The molecular formula is C8H11NO2. The first kappa shape index (κ1) is 7.85. The Labute approximate surface area is 65.2 Å². The first-order valence-corrected chi connectivity index (χ1v) is 3.53. The van der Waals surface area contributed by atoms with Crippen LogP contribution in [0.3, 0.4) is 0 Å². The molecule has 3 nitrogen and oxygen atoms in total. The fourth-order valence-electron chi connectivity index (χ4n) is 0.787. The highest BCUT2D eigenvalue weighted by Gasteiger charge is 1.93. The van der Waals surface area contributed by atoms with E-state index in [4.69, 9.17) is 4.74 Å². The maximum Gasteiger partial charge on any atom is 0.253 e. The minimum Gasteiger partial charge on any atom is -0.494 e. The van der Waals surface area contributed by atoms with Crippen LogP contribution in [0.15, 0.2) is 23.1 Å². The van der Waals surface area contributed by atoms with Crippen molar-refractivity contribution in [2.75, 3.05) is 6.61 Å². The van der Waals surface area contributed by atoms with Crippen LogP contribution in [0.1, 0.15) is 6.92 Å². The molecule has 0 aliphatic rings. The zero-order chi connectivity index (χ0) is 8.27. The topological polar surface area (TPSA) is 31.2 Å². The minimum atomic E-state index is -0.0454. The van der Waals surface area contributed by atoms with Gasteiger partial charge in [-0.05, 0) is 13.0 Å². The summed E-state index contributed by atoms with van der Waals surface area (Å²) in [6.45, 7) is 2.48. The lowest BCUT2D eigenvalue weighted by atomic mass is 10.4. The van der Waals surface area contributed by atoms with Crippen LogP contribution in [-0.2, 0) is 7.05 Å². The third-order valence-corrected chi connectivity index (χ3v) is 1.39. The zero-order valence-electron chi connectivity index (χ0n) is 6.70. The molecule has 1 aromatic rings. The molecule has 3 heteroatoms. The van der Waals surface area contributed by atoms with E-state index < -0.39 is 0 Å². The smallest absolute Gasteiger partial charge is 0.253 e. The van der Waals surface area contributed by atoms with E-state index in [0.29, 0.717) is 12.4 Å². The van der Waals surface area contributed by atoms with Crippen molar-refractivity contribution in [3.63, 3.8) is 0 Å². The van der Waals surface area contributed by atoms with Crippen molar-refractivity contribution in [3.05, 3.63) is 28.7 Å². The number of hydrogen-bond acceptors (Lipinski definition) is 2. The lowest BCUT2D eigenvalue weighted by molar-refractivity contribution is 0.339. The third-order valence-electron chi connectivity index (χ3n) is 1.39. The van der Waals surface area contributed by atoms with E-state index in [9.17, 15) is 4.79 Å². The van der Waals surface area contributed by atoms with E-state index in [1.165, 1.54) is 10.6 Å². The molecule has 0 radical (unpaired) electrons. The van der Waals surface area contributed by atoms with Crippen molar-refractivity contribution in [2.24, 2.45) is 7.05 Å². The van der Waals surface area contributed by atoms with Gasteiger partial charge in [0.05, 0.1) is 6.61 Å². The molecular weight excluding hydrogens is 142 g/mol. The molecule has 0 spiro atoms. The Morgan fingerprint density at radius 3 is 2.91 bits per heavy atom. The lowest BCUT2D eigenvalue weighted by Crippen LogP contribution is -2.14. The lowest BCUT2D eigenvalue weighted by Gasteiger charge is -2.02. The van der Waals surface area contributed by atoms with Crippen molar-refractivity contribution in [1.82, 2.24) is 4.57 Å². The van der Waals surface area contributed by atoms with Gasteiger partial charge in [0, 0.05) is 19.3 Å². The quantitative estimate of drug-likeness (QED) is 0.628. The number of nitrogens with zero attached hydrogens (tertiary/aromatic N) is 1. The van der Waals surface area contributed by atoms with Gasteiger partial charge in [0.25, 0.3) is 5.56 Å². The second kappa shape index (κ2) is 3.23. The van der Waals surface area contributed by atoms with Gasteiger partial charge >= 0.3 is 0 Å². The molecule has 0 saturated heterocycles. The van der Waals surface area contributed by atoms with E-state index in [0.717, 1.165) is 0 Å². The summed E-state index contributed by atoms with van der Waals surface area (Å²) in [7, 11) is 1.71. The van der Waals surface area contributed by atoms with Crippen LogP contribution >= 0.6 is 0 Å². The monoisotopic (exact) mass is 153 g/mol. The summed E-state index contributed by atoms with van der Waals surface area (Å²) >= 11 is 0. The Morgan fingerprint density at radius 1 is 1.64 bits per heavy atom. The highest BCUT2D eigenvalue weighted by atomic mass is 16.5. The van der Waals surface area contributed by atoms with Gasteiger partial charge in [0.2, 0.25) is 0 Å². The van der Waals surface area contributed by atoms with Gasteiger partial charge in [0.15, 0.2) is 0 Å². The summed E-state index contributed by atoms with van der Waals surface area (Å²) in [5, 5.41) is 0. The molecule has 0 aliphatic heterocycles. The molecule has 0 fully saturated rings. The Hall–Kier alpha value is -1.25. The zero-order valence-corrected chi connectivity index (χ0v) is 6.70. The Bertz CT molecular complexity index is 290. The van der Waals surface area contributed by atoms with Gasteiger partial charge in [0.1, 0.15) is 5.75 Å². The number of rotatable bonds is 2. The summed E-state index contributed by atoms with van der Waals surface area (Å²) in [5.74, 6) is 0.635. The van der Waals surface area contributed by atoms with E-state index in [1.54, 1.807) is 19.3 Å². The van der Waals surface area contributed by atoms with E-state index >= 15 is 0 Å². The third kappa shape index (κ3) is 1.83. The van der Waals surface area contributed by atoms with Gasteiger partial charge < -0.3 is 9.30 Å². The number of pyridine rings is 1. The van der Waals surface area contributed by atoms with E-state index in [-0.39, 0.29) is 5.56 Å². The summed E-state index contributed by atoms with van der Waals surface area (Å²) in [4.78, 5) is 11.0. The standard InChI is InChI=1S/C8H11NO2/c1-3-11-7-4-5-9(2)8(10)6-7/h4-6H,3H2,1-2H3. The second-order valence-corrected chi connectivity index (χ2v) is 2.24. The molecule has 60 valence electrons. The summed E-state index contributed by atoms with van der Waals surface area (Å²) < 4.78 is 6.63. The Morgan fingerprint density at radius 2 is 2.36 bits per heavy atom. The largest absolute Gasteiger partial charge is 0.494 e. The maximum atomic E-state index is 11.0. The molecule has 0 N–H and O–H groups in total. The highest BCUT2D eigenvalue weighted by Crippen LogP contribution is 2.03. The van der Waals surface area contributed by atoms with Crippen LogP contribution < -0.4 is 10.3 Å². The van der Waals surface area contributed by atoms with Crippen LogP contribution in [0, 0.1) is 0 Å². The van der Waals surface area contributed by atoms with Gasteiger partial charge in [-0.2, -0.15) is 0 Å². The summed E-state index contributed by atoms with van der Waals surface area (Å²) in [5.41, 5.74) is -0.0454. The Balaban J connectivity index is 2.96. The number of hydrogen-bond donors (Lipinski definition) is 0. The van der Waals surface area contributed by atoms with Crippen molar-refractivity contribution >= 4 is 0 Å². The number of aryl methyl sites for hydroxylation is 1. The fraction of sp³-hybridized carbons (Fsp3) is 0.375. The van der Waals surface area contributed by atoms with Crippen LogP contribution in [0.5, 0.6) is 5.75 Å². The van der Waals surface area contributed by atoms with Crippen LogP contribution in [0.2, 0.25) is 0 Å². The first-order chi connectivity index (χ1) is 5.24. The molecule has 0 bridgehead atoms. The molecule has 0 aromatic carbocycles. The normalized spacial score (nSPS) is 9.64. The van der Waals surface area contributed by atoms with Gasteiger partial charge in [-0.15, -0.1) is 0 Å². The van der Waals surface area contributed by atoms with Gasteiger partial charge in [-0.25, -0.2) is 0 Å².